The lowest BCUT2D eigenvalue weighted by molar-refractivity contribution is -0.0165. The van der Waals surface area contributed by atoms with E-state index in [4.69, 9.17) is 10.2 Å². The van der Waals surface area contributed by atoms with Crippen LogP contribution in [0.15, 0.2) is 29.2 Å². The Kier molecular flexibility index (Phi) is 4.00. The Morgan fingerprint density at radius 1 is 1.25 bits per heavy atom. The summed E-state index contributed by atoms with van der Waals surface area (Å²) < 4.78 is 22.4. The number of rotatable bonds is 4. The number of aliphatic hydroxyl groups is 3. The van der Waals surface area contributed by atoms with Crippen molar-refractivity contribution in [3.05, 3.63) is 29.8 Å². The Labute approximate surface area is 93.0 Å². The first kappa shape index (κ1) is 13.1. The van der Waals surface area contributed by atoms with Crippen molar-refractivity contribution >= 4 is 10.0 Å². The number of aliphatic hydroxyl groups excluding tert-OH is 3. The summed E-state index contributed by atoms with van der Waals surface area (Å²) in [4.78, 5) is -0.269. The number of hydrogen-bond donors (Lipinski definition) is 4. The highest BCUT2D eigenvalue weighted by atomic mass is 32.2. The summed E-state index contributed by atoms with van der Waals surface area (Å²) in [6.07, 6.45) is -2.96. The molecular weight excluding hydrogens is 234 g/mol. The molecule has 0 aromatic heterocycles. The largest absolute Gasteiger partial charge is 0.394 e. The average Bonchev–Trinajstić information content (AvgIpc) is 2.26. The molecule has 2 unspecified atom stereocenters. The van der Waals surface area contributed by atoms with E-state index < -0.39 is 28.8 Å². The summed E-state index contributed by atoms with van der Waals surface area (Å²) in [6, 6.07) is 5.49. The second kappa shape index (κ2) is 4.89. The maximum absolute atomic E-state index is 11.2. The zero-order chi connectivity index (χ0) is 12.3. The second-order valence-electron chi connectivity index (χ2n) is 3.28. The minimum absolute atomic E-state index is 0.0356. The molecule has 6 nitrogen and oxygen atoms in total. The highest BCUT2D eigenvalue weighted by molar-refractivity contribution is 7.89. The summed E-state index contributed by atoms with van der Waals surface area (Å²) in [5.74, 6) is 0. The quantitative estimate of drug-likeness (QED) is 0.528. The molecule has 0 spiro atoms. The van der Waals surface area contributed by atoms with Gasteiger partial charge in [-0.1, -0.05) is 18.2 Å². The van der Waals surface area contributed by atoms with Crippen molar-refractivity contribution in [3.8, 4) is 0 Å². The molecule has 0 aliphatic carbocycles. The van der Waals surface area contributed by atoms with Crippen LogP contribution < -0.4 is 5.14 Å². The number of primary sulfonamides is 1. The van der Waals surface area contributed by atoms with Gasteiger partial charge < -0.3 is 15.3 Å². The van der Waals surface area contributed by atoms with Crippen molar-refractivity contribution in [1.29, 1.82) is 0 Å². The molecule has 0 bridgehead atoms. The number of nitrogens with two attached hydrogens (primary N) is 1. The highest BCUT2D eigenvalue weighted by Gasteiger charge is 2.24. The summed E-state index contributed by atoms with van der Waals surface area (Å²) in [5, 5.41) is 32.5. The van der Waals surface area contributed by atoms with Gasteiger partial charge in [0.05, 0.1) is 11.5 Å². The third kappa shape index (κ3) is 2.77. The highest BCUT2D eigenvalue weighted by Crippen LogP contribution is 2.23. The summed E-state index contributed by atoms with van der Waals surface area (Å²) >= 11 is 0. The van der Waals surface area contributed by atoms with Crippen LogP contribution >= 0.6 is 0 Å². The van der Waals surface area contributed by atoms with Gasteiger partial charge in [0.1, 0.15) is 12.2 Å². The lowest BCUT2D eigenvalue weighted by Crippen LogP contribution is -2.25. The monoisotopic (exact) mass is 247 g/mol. The minimum Gasteiger partial charge on any atom is -0.394 e. The number of sulfonamides is 1. The standard InChI is InChI=1S/C9H13NO5S/c10-16(14,15)8-4-2-1-3-6(8)9(13)7(12)5-11/h1-4,7,9,11-13H,5H2,(H2,10,14,15). The third-order valence-electron chi connectivity index (χ3n) is 2.10. The van der Waals surface area contributed by atoms with Gasteiger partial charge in [0.15, 0.2) is 0 Å². The maximum atomic E-state index is 11.2. The van der Waals surface area contributed by atoms with Crippen LogP contribution in [0.4, 0.5) is 0 Å². The fourth-order valence-corrected chi connectivity index (χ4v) is 2.08. The van der Waals surface area contributed by atoms with Crippen LogP contribution in [-0.2, 0) is 10.0 Å². The van der Waals surface area contributed by atoms with E-state index in [0.29, 0.717) is 0 Å². The van der Waals surface area contributed by atoms with Crippen molar-refractivity contribution in [2.75, 3.05) is 6.61 Å². The maximum Gasteiger partial charge on any atom is 0.238 e. The van der Waals surface area contributed by atoms with Gasteiger partial charge in [-0.3, -0.25) is 0 Å². The molecule has 90 valence electrons. The first-order valence-corrected chi connectivity index (χ1v) is 6.01. The molecule has 0 heterocycles. The molecule has 0 radical (unpaired) electrons. The van der Waals surface area contributed by atoms with Gasteiger partial charge in [0.25, 0.3) is 0 Å². The zero-order valence-corrected chi connectivity index (χ0v) is 9.13. The molecule has 5 N–H and O–H groups in total. The Balaban J connectivity index is 3.24. The first-order chi connectivity index (χ1) is 7.38. The van der Waals surface area contributed by atoms with Gasteiger partial charge in [-0.2, -0.15) is 0 Å². The van der Waals surface area contributed by atoms with Crippen LogP contribution in [-0.4, -0.2) is 36.4 Å². The minimum atomic E-state index is -3.97. The number of benzene rings is 1. The lowest BCUT2D eigenvalue weighted by Gasteiger charge is -2.18. The SMILES string of the molecule is NS(=O)(=O)c1ccccc1C(O)C(O)CO. The molecule has 0 aliphatic heterocycles. The van der Waals surface area contributed by atoms with Crippen molar-refractivity contribution in [3.63, 3.8) is 0 Å². The fourth-order valence-electron chi connectivity index (χ4n) is 1.29. The molecule has 1 aromatic carbocycles. The van der Waals surface area contributed by atoms with Crippen molar-refractivity contribution in [2.24, 2.45) is 5.14 Å². The lowest BCUT2D eigenvalue weighted by atomic mass is 10.1. The molecule has 16 heavy (non-hydrogen) atoms. The van der Waals surface area contributed by atoms with E-state index in [9.17, 15) is 18.6 Å². The first-order valence-electron chi connectivity index (χ1n) is 4.46. The molecule has 1 aromatic rings. The molecule has 0 saturated heterocycles. The fraction of sp³-hybridized carbons (Fsp3) is 0.333. The normalized spacial score (nSPS) is 15.8. The molecule has 1 rings (SSSR count). The number of hydrogen-bond acceptors (Lipinski definition) is 5. The van der Waals surface area contributed by atoms with Crippen LogP contribution in [0.3, 0.4) is 0 Å². The average molecular weight is 247 g/mol. The van der Waals surface area contributed by atoms with Gasteiger partial charge in [-0.25, -0.2) is 13.6 Å². The van der Waals surface area contributed by atoms with E-state index >= 15 is 0 Å². The topological polar surface area (TPSA) is 121 Å². The van der Waals surface area contributed by atoms with E-state index in [1.54, 1.807) is 0 Å². The van der Waals surface area contributed by atoms with Crippen molar-refractivity contribution < 1.29 is 23.7 Å². The van der Waals surface area contributed by atoms with Gasteiger partial charge in [0.2, 0.25) is 10.0 Å². The summed E-state index contributed by atoms with van der Waals surface area (Å²) in [7, 11) is -3.97. The smallest absolute Gasteiger partial charge is 0.238 e. The van der Waals surface area contributed by atoms with Crippen LogP contribution in [0.1, 0.15) is 11.7 Å². The van der Waals surface area contributed by atoms with E-state index in [1.807, 2.05) is 0 Å². The predicted molar refractivity (Wildman–Crippen MR) is 55.9 cm³/mol. The molecule has 0 amide bonds. The van der Waals surface area contributed by atoms with Crippen molar-refractivity contribution in [2.45, 2.75) is 17.1 Å². The van der Waals surface area contributed by atoms with Crippen LogP contribution in [0.25, 0.3) is 0 Å². The Morgan fingerprint density at radius 2 is 1.81 bits per heavy atom. The zero-order valence-electron chi connectivity index (χ0n) is 8.31. The predicted octanol–water partition coefficient (Wildman–Crippen LogP) is -1.28. The van der Waals surface area contributed by atoms with E-state index in [0.717, 1.165) is 0 Å². The molecule has 0 saturated carbocycles. The molecule has 0 aliphatic rings. The molecule has 2 atom stereocenters. The third-order valence-corrected chi connectivity index (χ3v) is 3.08. The molecular formula is C9H13NO5S. The van der Waals surface area contributed by atoms with Crippen LogP contribution in [0.2, 0.25) is 0 Å². The van der Waals surface area contributed by atoms with Crippen LogP contribution in [0, 0.1) is 0 Å². The Hall–Kier alpha value is -0.990. The van der Waals surface area contributed by atoms with Crippen molar-refractivity contribution in [1.82, 2.24) is 0 Å². The van der Waals surface area contributed by atoms with Gasteiger partial charge >= 0.3 is 0 Å². The Bertz CT molecular complexity index is 459. The van der Waals surface area contributed by atoms with E-state index in [-0.39, 0.29) is 10.5 Å². The summed E-state index contributed by atoms with van der Waals surface area (Å²) in [6.45, 7) is -0.680. The Morgan fingerprint density at radius 3 is 2.31 bits per heavy atom. The van der Waals surface area contributed by atoms with E-state index in [2.05, 4.69) is 0 Å². The summed E-state index contributed by atoms with van der Waals surface area (Å²) in [5.41, 5.74) is -0.0356. The molecule has 7 heteroatoms. The van der Waals surface area contributed by atoms with Gasteiger partial charge in [-0.05, 0) is 6.07 Å². The van der Waals surface area contributed by atoms with Gasteiger partial charge in [-0.15, -0.1) is 0 Å². The van der Waals surface area contributed by atoms with Gasteiger partial charge in [0, 0.05) is 5.56 Å². The molecule has 0 fully saturated rings. The van der Waals surface area contributed by atoms with E-state index in [1.165, 1.54) is 24.3 Å². The van der Waals surface area contributed by atoms with Crippen LogP contribution in [0.5, 0.6) is 0 Å². The second-order valence-corrected chi connectivity index (χ2v) is 4.81.